The van der Waals surface area contributed by atoms with Crippen molar-refractivity contribution in [2.24, 2.45) is 0 Å². The molecule has 98 heavy (non-hydrogen) atoms. The van der Waals surface area contributed by atoms with Gasteiger partial charge >= 0.3 is 19.8 Å². The summed E-state index contributed by atoms with van der Waals surface area (Å²) in [7, 11) is 1.51. The molecule has 0 bridgehead atoms. The van der Waals surface area contributed by atoms with Crippen LogP contribution in [-0.4, -0.2) is 74.9 Å². The maximum atomic E-state index is 12.9. The summed E-state index contributed by atoms with van der Waals surface area (Å²) in [6, 6.07) is 0. The number of allylic oxidation sites excluding steroid dienone is 8. The molecule has 0 saturated carbocycles. The Morgan fingerprint density at radius 2 is 0.582 bits per heavy atom. The maximum absolute atomic E-state index is 12.9. The molecule has 0 heterocycles. The highest BCUT2D eigenvalue weighted by Gasteiger charge is 2.27. The summed E-state index contributed by atoms with van der Waals surface area (Å²) in [5.41, 5.74) is 0. The zero-order valence-corrected chi connectivity index (χ0v) is 67.2. The fraction of sp³-hybridized carbons (Fsp3) is 0.886. The molecule has 2 atom stereocenters. The first-order chi connectivity index (χ1) is 48.0. The lowest BCUT2D eigenvalue weighted by molar-refractivity contribution is -0.870. The molecule has 578 valence electrons. The maximum Gasteiger partial charge on any atom is 0.472 e. The average molecular weight is 1400 g/mol. The number of unbranched alkanes of at least 4 members (excludes halogenated alkanes) is 60. The van der Waals surface area contributed by atoms with Crippen molar-refractivity contribution >= 4 is 19.8 Å². The van der Waals surface area contributed by atoms with Crippen LogP contribution in [0, 0.1) is 0 Å². The number of quaternary nitrogens is 1. The number of phosphoric acid groups is 1. The number of likely N-dealkylation sites (N-methyl/N-ethyl adjacent to an activating group) is 1. The molecule has 0 aromatic rings. The van der Waals surface area contributed by atoms with Crippen LogP contribution < -0.4 is 0 Å². The molecule has 0 aromatic carbocycles. The Morgan fingerprint density at radius 3 is 0.867 bits per heavy atom. The van der Waals surface area contributed by atoms with Crippen LogP contribution in [0.15, 0.2) is 48.6 Å². The summed E-state index contributed by atoms with van der Waals surface area (Å²) < 4.78 is 34.9. The van der Waals surface area contributed by atoms with Crippen molar-refractivity contribution in [1.82, 2.24) is 0 Å². The zero-order chi connectivity index (χ0) is 71.1. The predicted molar refractivity (Wildman–Crippen MR) is 427 cm³/mol. The number of rotatable bonds is 82. The number of carbonyl (C=O) groups is 2. The van der Waals surface area contributed by atoms with E-state index >= 15 is 0 Å². The monoisotopic (exact) mass is 1400 g/mol. The number of nitrogens with zero attached hydrogens (tertiary/aromatic N) is 1. The second kappa shape index (κ2) is 79.1. The Labute approximate surface area is 611 Å². The van der Waals surface area contributed by atoms with Crippen LogP contribution in [0.5, 0.6) is 0 Å². The Bertz CT molecular complexity index is 1790. The first kappa shape index (κ1) is 96.0. The SMILES string of the molecule is CC/C=C\C/C=C\C/C=C\C/C=C\CCCCCCCCCCCCCCCCCCCCCCCCCCCCCCC(=O)OC(COC(=O)CCCCCCCCCCCCCCCCCCCCCCCCCCCCCCCCCCC)COP(=O)(O)OCC[N+](C)(C)C. The summed E-state index contributed by atoms with van der Waals surface area (Å²) in [5.74, 6) is -0.767. The Hall–Kier alpha value is -2.03. The second-order valence-corrected chi connectivity index (χ2v) is 32.4. The molecule has 0 aliphatic carbocycles. The van der Waals surface area contributed by atoms with Crippen LogP contribution in [0.4, 0.5) is 0 Å². The third-order valence-electron chi connectivity index (χ3n) is 19.9. The van der Waals surface area contributed by atoms with Crippen LogP contribution in [0.3, 0.4) is 0 Å². The predicted octanol–water partition coefficient (Wildman–Crippen LogP) is 29.1. The standard InChI is InChI=1S/C88H168NO8P/c1-6-8-10-12-14-16-18-20-22-24-26-28-30-32-34-36-38-40-41-42-43-44-45-46-47-49-51-53-55-57-59-61-63-65-67-69-71-73-75-77-79-81-88(91)97-86(85-96-98(92,93)95-83-82-89(3,4)5)84-94-87(90)80-78-76-74-72-70-68-66-64-62-60-58-56-54-52-50-48-39-37-35-33-31-29-27-25-23-21-19-17-15-13-11-9-7-2/h8,10,14,16,20,22,26,28,86H,6-7,9,11-13,15,17-19,21,23-25,27,29-85H2,1-5H3/p+1/b10-8-,16-14-,22-20-,28-26-. The van der Waals surface area contributed by atoms with Gasteiger partial charge in [0.25, 0.3) is 0 Å². The van der Waals surface area contributed by atoms with Gasteiger partial charge < -0.3 is 18.9 Å². The highest BCUT2D eigenvalue weighted by atomic mass is 31.2. The van der Waals surface area contributed by atoms with Gasteiger partial charge in [-0.2, -0.15) is 0 Å². The topological polar surface area (TPSA) is 108 Å². The van der Waals surface area contributed by atoms with Gasteiger partial charge in [0, 0.05) is 12.8 Å². The molecule has 10 heteroatoms. The van der Waals surface area contributed by atoms with E-state index < -0.39 is 26.5 Å². The van der Waals surface area contributed by atoms with Crippen molar-refractivity contribution < 1.29 is 42.1 Å². The van der Waals surface area contributed by atoms with Gasteiger partial charge in [-0.25, -0.2) is 4.57 Å². The summed E-state index contributed by atoms with van der Waals surface area (Å²) in [6.45, 7) is 4.41. The third kappa shape index (κ3) is 82.9. The molecule has 0 spiro atoms. The molecular weight excluding hydrogens is 1230 g/mol. The van der Waals surface area contributed by atoms with E-state index in [1.54, 1.807) is 0 Å². The number of ether oxygens (including phenoxy) is 2. The van der Waals surface area contributed by atoms with Gasteiger partial charge in [0.05, 0.1) is 27.7 Å². The lowest BCUT2D eigenvalue weighted by Gasteiger charge is -2.24. The number of carbonyl (C=O) groups excluding carboxylic acids is 2. The summed E-state index contributed by atoms with van der Waals surface area (Å²) in [6.07, 6.45) is 106. The number of hydrogen-bond acceptors (Lipinski definition) is 7. The normalized spacial score (nSPS) is 13.2. The van der Waals surface area contributed by atoms with Gasteiger partial charge in [0.2, 0.25) is 0 Å². The first-order valence-corrected chi connectivity index (χ1v) is 44.9. The van der Waals surface area contributed by atoms with E-state index in [1.807, 2.05) is 21.1 Å². The van der Waals surface area contributed by atoms with Crippen molar-refractivity contribution in [2.45, 2.75) is 457 Å². The quantitative estimate of drug-likeness (QED) is 0.0211. The third-order valence-corrected chi connectivity index (χ3v) is 20.9. The summed E-state index contributed by atoms with van der Waals surface area (Å²) in [4.78, 5) is 36.0. The summed E-state index contributed by atoms with van der Waals surface area (Å²) >= 11 is 0. The fourth-order valence-electron chi connectivity index (χ4n) is 13.3. The number of phosphoric ester groups is 1. The van der Waals surface area contributed by atoms with Crippen molar-refractivity contribution in [3.05, 3.63) is 48.6 Å². The van der Waals surface area contributed by atoms with E-state index in [4.69, 9.17) is 18.5 Å². The first-order valence-electron chi connectivity index (χ1n) is 43.4. The van der Waals surface area contributed by atoms with Gasteiger partial charge in [-0.1, -0.05) is 435 Å². The molecule has 0 radical (unpaired) electrons. The second-order valence-electron chi connectivity index (χ2n) is 30.9. The number of hydrogen-bond donors (Lipinski definition) is 1. The fourth-order valence-corrected chi connectivity index (χ4v) is 14.1. The van der Waals surface area contributed by atoms with Crippen LogP contribution in [0.25, 0.3) is 0 Å². The number of esters is 2. The van der Waals surface area contributed by atoms with Crippen LogP contribution in [0.1, 0.15) is 450 Å². The van der Waals surface area contributed by atoms with E-state index in [0.717, 1.165) is 64.2 Å². The van der Waals surface area contributed by atoms with Crippen molar-refractivity contribution in [2.75, 3.05) is 47.5 Å². The van der Waals surface area contributed by atoms with Gasteiger partial charge in [-0.3, -0.25) is 18.6 Å². The van der Waals surface area contributed by atoms with Gasteiger partial charge in [0.15, 0.2) is 6.10 Å². The lowest BCUT2D eigenvalue weighted by atomic mass is 10.0. The molecule has 1 N–H and O–H groups in total. The Balaban J connectivity index is 3.84. The lowest BCUT2D eigenvalue weighted by Crippen LogP contribution is -2.37. The largest absolute Gasteiger partial charge is 0.472 e. The van der Waals surface area contributed by atoms with Crippen LogP contribution in [-0.2, 0) is 32.7 Å². The molecule has 0 fully saturated rings. The van der Waals surface area contributed by atoms with E-state index in [9.17, 15) is 19.0 Å². The smallest absolute Gasteiger partial charge is 0.462 e. The molecule has 0 rings (SSSR count). The minimum absolute atomic E-state index is 0.0359. The highest BCUT2D eigenvalue weighted by Crippen LogP contribution is 2.43. The molecule has 2 unspecified atom stereocenters. The zero-order valence-electron chi connectivity index (χ0n) is 66.3. The van der Waals surface area contributed by atoms with Gasteiger partial charge in [0.1, 0.15) is 19.8 Å². The van der Waals surface area contributed by atoms with Crippen LogP contribution >= 0.6 is 7.82 Å². The molecule has 0 aromatic heterocycles. The molecule has 0 amide bonds. The highest BCUT2D eigenvalue weighted by molar-refractivity contribution is 7.47. The Kier molecular flexibility index (Phi) is 77.5. The summed E-state index contributed by atoms with van der Waals surface area (Å²) in [5, 5.41) is 0. The van der Waals surface area contributed by atoms with Gasteiger partial charge in [-0.05, 0) is 51.4 Å². The minimum atomic E-state index is -4.39. The molecule has 9 nitrogen and oxygen atoms in total. The van der Waals surface area contributed by atoms with Gasteiger partial charge in [-0.15, -0.1) is 0 Å². The van der Waals surface area contributed by atoms with Crippen LogP contribution in [0.2, 0.25) is 0 Å². The van der Waals surface area contributed by atoms with E-state index in [-0.39, 0.29) is 25.6 Å². The molecule has 0 saturated heterocycles. The van der Waals surface area contributed by atoms with Crippen molar-refractivity contribution in [3.8, 4) is 0 Å². The molecule has 0 aliphatic heterocycles. The van der Waals surface area contributed by atoms with Crippen molar-refractivity contribution in [1.29, 1.82) is 0 Å². The molecule has 0 aliphatic rings. The van der Waals surface area contributed by atoms with E-state index in [0.29, 0.717) is 17.4 Å². The Morgan fingerprint density at radius 1 is 0.327 bits per heavy atom. The van der Waals surface area contributed by atoms with Crippen molar-refractivity contribution in [3.63, 3.8) is 0 Å². The van der Waals surface area contributed by atoms with E-state index in [2.05, 4.69) is 62.5 Å². The van der Waals surface area contributed by atoms with E-state index in [1.165, 1.54) is 360 Å². The molecular formula is C88H169NO8P+. The minimum Gasteiger partial charge on any atom is -0.462 e. The average Bonchev–Trinajstić information content (AvgIpc) is 1.08.